The van der Waals surface area contributed by atoms with Crippen molar-refractivity contribution in [2.75, 3.05) is 18.0 Å². The monoisotopic (exact) mass is 824 g/mol. The van der Waals surface area contributed by atoms with Crippen molar-refractivity contribution in [3.8, 4) is 17.3 Å². The molecule has 2 unspecified atom stereocenters. The molecule has 8 rings (SSSR count). The zero-order valence-electron chi connectivity index (χ0n) is 33.4. The van der Waals surface area contributed by atoms with Gasteiger partial charge in [0.15, 0.2) is 11.5 Å². The van der Waals surface area contributed by atoms with Crippen LogP contribution in [-0.2, 0) is 15.7 Å². The molecule has 2 atom stereocenters. The molecule has 4 aromatic rings. The molecule has 4 fully saturated rings. The summed E-state index contributed by atoms with van der Waals surface area (Å²) < 4.78 is 86.5. The first-order valence-corrected chi connectivity index (χ1v) is 20.5. The number of rotatable bonds is 8. The highest BCUT2D eigenvalue weighted by molar-refractivity contribution is 5.96. The summed E-state index contributed by atoms with van der Waals surface area (Å²) in [6.45, 7) is 6.80. The average molecular weight is 825 g/mol. The van der Waals surface area contributed by atoms with Crippen LogP contribution in [0.4, 0.5) is 27.9 Å². The lowest BCUT2D eigenvalue weighted by Gasteiger charge is -2.42. The highest BCUT2D eigenvalue weighted by Gasteiger charge is 2.43. The number of ether oxygens (including phenoxy) is 2. The molecule has 0 aromatic carbocycles. The summed E-state index contributed by atoms with van der Waals surface area (Å²) in [5.41, 5.74) is -2.09. The fourth-order valence-electron chi connectivity index (χ4n) is 9.44. The zero-order valence-corrected chi connectivity index (χ0v) is 33.4. The first-order chi connectivity index (χ1) is 28.0. The van der Waals surface area contributed by atoms with Crippen LogP contribution in [-0.4, -0.2) is 78.1 Å². The van der Waals surface area contributed by atoms with Crippen LogP contribution in [0.15, 0.2) is 43.0 Å². The predicted octanol–water partition coefficient (Wildman–Crippen LogP) is 8.37. The van der Waals surface area contributed by atoms with Gasteiger partial charge in [-0.2, -0.15) is 18.2 Å². The number of nitrogens with one attached hydrogen (secondary N) is 1. The van der Waals surface area contributed by atoms with Gasteiger partial charge in [-0.15, -0.1) is 0 Å². The van der Waals surface area contributed by atoms with Crippen molar-refractivity contribution in [2.45, 2.75) is 127 Å². The van der Waals surface area contributed by atoms with E-state index in [2.05, 4.69) is 30.2 Å². The van der Waals surface area contributed by atoms with E-state index in [-0.39, 0.29) is 72.9 Å². The maximum atomic E-state index is 14.8. The van der Waals surface area contributed by atoms with Crippen LogP contribution < -0.4 is 15.0 Å². The number of esters is 1. The van der Waals surface area contributed by atoms with Crippen LogP contribution in [0.1, 0.15) is 113 Å². The highest BCUT2D eigenvalue weighted by Crippen LogP contribution is 2.45. The van der Waals surface area contributed by atoms with Gasteiger partial charge >= 0.3 is 12.1 Å². The number of aromatic nitrogens is 6. The number of alkyl halides is 5. The molecule has 4 aliphatic rings. The number of hydrogen-bond donors (Lipinski definition) is 1. The van der Waals surface area contributed by atoms with E-state index in [1.54, 1.807) is 41.4 Å². The number of piperidine rings is 1. The van der Waals surface area contributed by atoms with E-state index in [0.717, 1.165) is 12.6 Å². The van der Waals surface area contributed by atoms with Crippen LogP contribution in [0.5, 0.6) is 5.88 Å². The molecule has 59 heavy (non-hydrogen) atoms. The minimum Gasteiger partial charge on any atom is -0.474 e. The van der Waals surface area contributed by atoms with Crippen LogP contribution >= 0.6 is 0 Å². The first kappa shape index (κ1) is 40.8. The molecule has 0 spiro atoms. The normalized spacial score (nSPS) is 24.2. The number of nitrogens with zero attached hydrogens (tertiary/aromatic N) is 7. The molecule has 5 heterocycles. The Morgan fingerprint density at radius 2 is 1.56 bits per heavy atom. The van der Waals surface area contributed by atoms with E-state index in [1.165, 1.54) is 0 Å². The zero-order chi connectivity index (χ0) is 41.7. The second kappa shape index (κ2) is 15.9. The number of pyridine rings is 1. The fourth-order valence-corrected chi connectivity index (χ4v) is 9.44. The number of amides is 1. The third-order valence-electron chi connectivity index (χ3n) is 12.1. The van der Waals surface area contributed by atoms with Gasteiger partial charge in [-0.25, -0.2) is 28.7 Å². The molecule has 1 saturated heterocycles. The maximum Gasteiger partial charge on any atom is 0.434 e. The molecule has 1 amide bonds. The fraction of sp³-hybridized carbons (Fsp3) is 0.595. The van der Waals surface area contributed by atoms with E-state index < -0.39 is 40.9 Å². The van der Waals surface area contributed by atoms with Gasteiger partial charge in [0, 0.05) is 92.7 Å². The van der Waals surface area contributed by atoms with Crippen molar-refractivity contribution in [1.29, 1.82) is 0 Å². The van der Waals surface area contributed by atoms with Crippen LogP contribution in [0, 0.1) is 17.8 Å². The second-order valence-corrected chi connectivity index (χ2v) is 17.7. The van der Waals surface area contributed by atoms with Crippen molar-refractivity contribution in [1.82, 2.24) is 34.8 Å². The lowest BCUT2D eigenvalue weighted by atomic mass is 9.66. The van der Waals surface area contributed by atoms with E-state index in [9.17, 15) is 31.5 Å². The lowest BCUT2D eigenvalue weighted by Crippen LogP contribution is -2.45. The summed E-state index contributed by atoms with van der Waals surface area (Å²) in [7, 11) is 0. The molecule has 2 bridgehead atoms. The van der Waals surface area contributed by atoms with Crippen LogP contribution in [0.3, 0.4) is 0 Å². The van der Waals surface area contributed by atoms with Gasteiger partial charge in [0.05, 0.1) is 11.5 Å². The molecule has 316 valence electrons. The summed E-state index contributed by atoms with van der Waals surface area (Å²) in [6.07, 6.45) is 4.82. The molecule has 3 saturated carbocycles. The predicted molar refractivity (Wildman–Crippen MR) is 207 cm³/mol. The average Bonchev–Trinajstić information content (AvgIpc) is 3.55. The van der Waals surface area contributed by atoms with E-state index in [0.29, 0.717) is 74.5 Å². The molecule has 3 aliphatic carbocycles. The Labute approximate surface area is 338 Å². The summed E-state index contributed by atoms with van der Waals surface area (Å²) in [5, 5.41) is 3.24. The van der Waals surface area contributed by atoms with Crippen LogP contribution in [0.2, 0.25) is 0 Å². The van der Waals surface area contributed by atoms with Crippen molar-refractivity contribution >= 4 is 28.9 Å². The van der Waals surface area contributed by atoms with Gasteiger partial charge in [-0.05, 0) is 89.7 Å². The Hall–Kier alpha value is -4.96. The standard InChI is InChI=1S/C42H49F5N8O4/c1-40(2,3)59-38(57)26-18-24-17-25(19-26)21-27(20-24)51-37(56)31-22-50-35(53-34(31)42(45,46)47)32-23-55(28-7-11-41(43,44)12-8-28)36-30(32)5-6-33(52-36)58-29-9-15-54(16-10-29)39-48-13-4-14-49-39/h4-6,13-14,22-29H,7-12,15-21H2,1-3H3,(H,51,56). The number of carbonyl (C=O) groups excluding carboxylic acids is 2. The number of fused-ring (bicyclic) bond motifs is 3. The quantitative estimate of drug-likeness (QED) is 0.136. The highest BCUT2D eigenvalue weighted by atomic mass is 19.4. The van der Waals surface area contributed by atoms with Gasteiger partial charge in [-0.1, -0.05) is 0 Å². The summed E-state index contributed by atoms with van der Waals surface area (Å²) >= 11 is 0. The molecular weight excluding hydrogens is 776 g/mol. The van der Waals surface area contributed by atoms with Gasteiger partial charge in [-0.3, -0.25) is 9.59 Å². The number of carbonyl (C=O) groups is 2. The van der Waals surface area contributed by atoms with E-state index in [1.807, 2.05) is 20.8 Å². The minimum absolute atomic E-state index is 0.126. The third-order valence-corrected chi connectivity index (χ3v) is 12.1. The Bertz CT molecular complexity index is 2150. The van der Waals surface area contributed by atoms with Gasteiger partial charge < -0.3 is 24.3 Å². The van der Waals surface area contributed by atoms with Gasteiger partial charge in [0.1, 0.15) is 17.4 Å². The van der Waals surface area contributed by atoms with Crippen molar-refractivity contribution in [3.63, 3.8) is 0 Å². The van der Waals surface area contributed by atoms with Crippen molar-refractivity contribution < 1.29 is 41.0 Å². The Kier molecular flexibility index (Phi) is 11.0. The SMILES string of the molecule is CC(C)(C)OC(=O)C1CC2CC(CC(NC(=O)c3cnc(-c4cn(C5CCC(F)(F)CC5)c5nc(OC6CCN(c7ncccn7)CC6)ccc45)nc3C(F)(F)F)C2)C1. The maximum absolute atomic E-state index is 14.8. The van der Waals surface area contributed by atoms with Gasteiger partial charge in [0.2, 0.25) is 17.8 Å². The van der Waals surface area contributed by atoms with E-state index >= 15 is 0 Å². The number of hydrogen-bond acceptors (Lipinski definition) is 10. The Morgan fingerprint density at radius 1 is 0.881 bits per heavy atom. The summed E-state index contributed by atoms with van der Waals surface area (Å²) in [6, 6.07) is 4.30. The molecule has 0 radical (unpaired) electrons. The second-order valence-electron chi connectivity index (χ2n) is 17.7. The van der Waals surface area contributed by atoms with Crippen molar-refractivity contribution in [3.05, 3.63) is 54.2 Å². The molecule has 12 nitrogen and oxygen atoms in total. The minimum atomic E-state index is -5.00. The molecule has 17 heteroatoms. The first-order valence-electron chi connectivity index (χ1n) is 20.5. The summed E-state index contributed by atoms with van der Waals surface area (Å²) in [5.74, 6) is -3.28. The topological polar surface area (TPSA) is 137 Å². The van der Waals surface area contributed by atoms with Crippen molar-refractivity contribution in [2.24, 2.45) is 17.8 Å². The molecule has 1 N–H and O–H groups in total. The van der Waals surface area contributed by atoms with Crippen LogP contribution in [0.25, 0.3) is 22.4 Å². The largest absolute Gasteiger partial charge is 0.474 e. The third kappa shape index (κ3) is 9.28. The Balaban J connectivity index is 1.03. The number of anilines is 1. The lowest BCUT2D eigenvalue weighted by molar-refractivity contribution is -0.163. The summed E-state index contributed by atoms with van der Waals surface area (Å²) in [4.78, 5) is 50.2. The molecule has 1 aliphatic heterocycles. The smallest absolute Gasteiger partial charge is 0.434 e. The van der Waals surface area contributed by atoms with E-state index in [4.69, 9.17) is 14.5 Å². The Morgan fingerprint density at radius 3 is 2.20 bits per heavy atom. The molecular formula is C42H49F5N8O4. The number of halogens is 5. The molecule has 4 aromatic heterocycles. The van der Waals surface area contributed by atoms with Gasteiger partial charge in [0.25, 0.3) is 5.91 Å².